The number of carbonyl (C=O) groups excluding carboxylic acids is 1. The molecule has 0 saturated carbocycles. The van der Waals surface area contributed by atoms with Gasteiger partial charge >= 0.3 is 6.09 Å². The van der Waals surface area contributed by atoms with Crippen molar-refractivity contribution in [2.75, 3.05) is 20.3 Å². The minimum atomic E-state index is -0.528. The topological polar surface area (TPSA) is 67.8 Å². The highest BCUT2D eigenvalue weighted by Gasteiger charge is 2.17. The average molecular weight is 374 g/mol. The zero-order valence-electron chi connectivity index (χ0n) is 13.5. The van der Waals surface area contributed by atoms with Gasteiger partial charge in [-0.25, -0.2) is 4.79 Å². The summed E-state index contributed by atoms with van der Waals surface area (Å²) in [5, 5.41) is 12.2. The highest BCUT2D eigenvalue weighted by molar-refractivity contribution is 9.10. The molecule has 0 spiro atoms. The molecule has 0 heterocycles. The van der Waals surface area contributed by atoms with Crippen molar-refractivity contribution in [3.05, 3.63) is 28.2 Å². The molecule has 1 amide bonds. The van der Waals surface area contributed by atoms with Crippen LogP contribution in [-0.4, -0.2) is 37.1 Å². The van der Waals surface area contributed by atoms with E-state index in [9.17, 15) is 9.90 Å². The van der Waals surface area contributed by atoms with E-state index in [0.717, 1.165) is 15.8 Å². The summed E-state index contributed by atoms with van der Waals surface area (Å²) in [4.78, 5) is 11.6. The molecule has 0 radical (unpaired) electrons. The van der Waals surface area contributed by atoms with Crippen LogP contribution in [0.4, 0.5) is 4.79 Å². The lowest BCUT2D eigenvalue weighted by atomic mass is 10.00. The van der Waals surface area contributed by atoms with E-state index in [0.29, 0.717) is 13.0 Å². The lowest BCUT2D eigenvalue weighted by molar-refractivity contribution is 0.0512. The quantitative estimate of drug-likeness (QED) is 0.803. The van der Waals surface area contributed by atoms with Crippen molar-refractivity contribution in [3.63, 3.8) is 0 Å². The first-order chi connectivity index (χ1) is 10.2. The molecule has 0 aliphatic rings. The summed E-state index contributed by atoms with van der Waals surface area (Å²) in [6.07, 6.45) is 0.177. The number of methoxy groups -OCH3 is 1. The average Bonchev–Trinajstić information content (AvgIpc) is 2.41. The zero-order chi connectivity index (χ0) is 16.8. The molecule has 2 N–H and O–H groups in total. The Balaban J connectivity index is 2.55. The Labute approximate surface area is 140 Å². The van der Waals surface area contributed by atoms with Crippen LogP contribution in [0.1, 0.15) is 26.3 Å². The molecule has 1 aromatic rings. The van der Waals surface area contributed by atoms with Gasteiger partial charge in [-0.2, -0.15) is 0 Å². The predicted octanol–water partition coefficient (Wildman–Crippen LogP) is 3.13. The second-order valence-electron chi connectivity index (χ2n) is 6.10. The number of hydrogen-bond donors (Lipinski definition) is 2. The van der Waals surface area contributed by atoms with Crippen LogP contribution in [0.5, 0.6) is 5.75 Å². The van der Waals surface area contributed by atoms with Gasteiger partial charge < -0.3 is 19.9 Å². The smallest absolute Gasteiger partial charge is 0.407 e. The molecule has 0 aliphatic heterocycles. The number of rotatable bonds is 6. The molecule has 1 atom stereocenters. The predicted molar refractivity (Wildman–Crippen MR) is 89.2 cm³/mol. The SMILES string of the molecule is COc1ccc(CC(CO)CNC(=O)OC(C)(C)C)cc1Br. The summed E-state index contributed by atoms with van der Waals surface area (Å²) >= 11 is 3.44. The van der Waals surface area contributed by atoms with E-state index in [1.165, 1.54) is 0 Å². The van der Waals surface area contributed by atoms with E-state index in [-0.39, 0.29) is 12.5 Å². The number of alkyl carbamates (subject to hydrolysis) is 1. The lowest BCUT2D eigenvalue weighted by Gasteiger charge is -2.21. The number of benzene rings is 1. The van der Waals surface area contributed by atoms with E-state index >= 15 is 0 Å². The van der Waals surface area contributed by atoms with Gasteiger partial charge in [0.2, 0.25) is 0 Å². The number of nitrogens with one attached hydrogen (secondary N) is 1. The molecule has 0 aromatic heterocycles. The van der Waals surface area contributed by atoms with Crippen molar-refractivity contribution in [2.24, 2.45) is 5.92 Å². The van der Waals surface area contributed by atoms with Gasteiger partial charge in [0.25, 0.3) is 0 Å². The zero-order valence-corrected chi connectivity index (χ0v) is 15.1. The standard InChI is InChI=1S/C16H24BrNO4/c1-16(2,3)22-15(20)18-9-12(10-19)7-11-5-6-14(21-4)13(17)8-11/h5-6,8,12,19H,7,9-10H2,1-4H3,(H,18,20). The van der Waals surface area contributed by atoms with Crippen LogP contribution < -0.4 is 10.1 Å². The summed E-state index contributed by atoms with van der Waals surface area (Å²) in [7, 11) is 1.61. The summed E-state index contributed by atoms with van der Waals surface area (Å²) in [5.74, 6) is 0.684. The van der Waals surface area contributed by atoms with Gasteiger partial charge in [0, 0.05) is 19.1 Å². The second kappa shape index (κ2) is 8.39. The molecule has 0 saturated heterocycles. The van der Waals surface area contributed by atoms with Gasteiger partial charge in [0.15, 0.2) is 0 Å². The molecule has 1 aromatic carbocycles. The number of aliphatic hydroxyl groups excluding tert-OH is 1. The summed E-state index contributed by atoms with van der Waals surface area (Å²) in [6, 6.07) is 5.77. The maximum absolute atomic E-state index is 11.6. The lowest BCUT2D eigenvalue weighted by Crippen LogP contribution is -2.36. The maximum Gasteiger partial charge on any atom is 0.407 e. The van der Waals surface area contributed by atoms with Crippen molar-refractivity contribution in [1.29, 1.82) is 0 Å². The van der Waals surface area contributed by atoms with E-state index in [4.69, 9.17) is 9.47 Å². The Morgan fingerprint density at radius 3 is 2.59 bits per heavy atom. The van der Waals surface area contributed by atoms with Crippen LogP contribution in [0.25, 0.3) is 0 Å². The largest absolute Gasteiger partial charge is 0.496 e. The van der Waals surface area contributed by atoms with Gasteiger partial charge in [0.1, 0.15) is 11.4 Å². The Kier molecular flexibility index (Phi) is 7.16. The number of hydrogen-bond acceptors (Lipinski definition) is 4. The van der Waals surface area contributed by atoms with Crippen LogP contribution in [0, 0.1) is 5.92 Å². The van der Waals surface area contributed by atoms with E-state index in [1.807, 2.05) is 39.0 Å². The first kappa shape index (κ1) is 18.8. The van der Waals surface area contributed by atoms with Crippen molar-refractivity contribution >= 4 is 22.0 Å². The number of aliphatic hydroxyl groups is 1. The van der Waals surface area contributed by atoms with Crippen molar-refractivity contribution in [3.8, 4) is 5.75 Å². The Morgan fingerprint density at radius 1 is 1.41 bits per heavy atom. The van der Waals surface area contributed by atoms with Crippen LogP contribution >= 0.6 is 15.9 Å². The summed E-state index contributed by atoms with van der Waals surface area (Å²) in [6.45, 7) is 5.77. The fourth-order valence-electron chi connectivity index (χ4n) is 1.91. The Morgan fingerprint density at radius 2 is 2.09 bits per heavy atom. The number of halogens is 1. The number of carbonyl (C=O) groups is 1. The third kappa shape index (κ3) is 6.66. The Hall–Kier alpha value is -1.27. The van der Waals surface area contributed by atoms with Crippen LogP contribution in [0.3, 0.4) is 0 Å². The minimum Gasteiger partial charge on any atom is -0.496 e. The van der Waals surface area contributed by atoms with Crippen LogP contribution in [-0.2, 0) is 11.2 Å². The molecule has 1 rings (SSSR count). The van der Waals surface area contributed by atoms with E-state index in [1.54, 1.807) is 7.11 Å². The van der Waals surface area contributed by atoms with E-state index in [2.05, 4.69) is 21.2 Å². The fourth-order valence-corrected chi connectivity index (χ4v) is 2.50. The fraction of sp³-hybridized carbons (Fsp3) is 0.562. The summed E-state index contributed by atoms with van der Waals surface area (Å²) in [5.41, 5.74) is 0.525. The van der Waals surface area contributed by atoms with E-state index < -0.39 is 11.7 Å². The molecule has 5 nitrogen and oxygen atoms in total. The monoisotopic (exact) mass is 373 g/mol. The highest BCUT2D eigenvalue weighted by atomic mass is 79.9. The first-order valence-corrected chi connectivity index (χ1v) is 7.94. The molecular weight excluding hydrogens is 350 g/mol. The molecular formula is C16H24BrNO4. The van der Waals surface area contributed by atoms with Gasteiger partial charge in [0.05, 0.1) is 11.6 Å². The minimum absolute atomic E-state index is 0.0144. The van der Waals surface area contributed by atoms with Gasteiger partial charge in [-0.1, -0.05) is 6.07 Å². The highest BCUT2D eigenvalue weighted by Crippen LogP contribution is 2.26. The van der Waals surface area contributed by atoms with Crippen molar-refractivity contribution in [2.45, 2.75) is 32.8 Å². The normalized spacial score (nSPS) is 12.6. The van der Waals surface area contributed by atoms with Crippen LogP contribution in [0.15, 0.2) is 22.7 Å². The molecule has 0 aliphatic carbocycles. The third-order valence-electron chi connectivity index (χ3n) is 2.93. The second-order valence-corrected chi connectivity index (χ2v) is 6.96. The first-order valence-electron chi connectivity index (χ1n) is 7.15. The van der Waals surface area contributed by atoms with Gasteiger partial charge in [-0.15, -0.1) is 0 Å². The molecule has 1 unspecified atom stereocenters. The van der Waals surface area contributed by atoms with Gasteiger partial charge in [-0.3, -0.25) is 0 Å². The number of ether oxygens (including phenoxy) is 2. The van der Waals surface area contributed by atoms with Crippen molar-refractivity contribution < 1.29 is 19.4 Å². The maximum atomic E-state index is 11.6. The third-order valence-corrected chi connectivity index (χ3v) is 3.55. The molecule has 6 heteroatoms. The summed E-state index contributed by atoms with van der Waals surface area (Å²) < 4.78 is 11.2. The van der Waals surface area contributed by atoms with Crippen molar-refractivity contribution in [1.82, 2.24) is 5.32 Å². The van der Waals surface area contributed by atoms with Gasteiger partial charge in [-0.05, 0) is 60.8 Å². The molecule has 0 fully saturated rings. The molecule has 22 heavy (non-hydrogen) atoms. The number of amides is 1. The molecule has 0 bridgehead atoms. The molecule has 124 valence electrons. The Bertz CT molecular complexity index is 499. The van der Waals surface area contributed by atoms with Crippen LogP contribution in [0.2, 0.25) is 0 Å².